The van der Waals surface area contributed by atoms with Crippen LogP contribution in [0.2, 0.25) is 0 Å². The number of nitrogens with one attached hydrogen (secondary N) is 1. The molecule has 0 aliphatic heterocycles. The number of hydrogen-bond acceptors (Lipinski definition) is 1. The molecule has 0 saturated heterocycles. The Hall–Kier alpha value is -1.31. The molecule has 0 unspecified atom stereocenters. The van der Waals surface area contributed by atoms with E-state index in [1.165, 1.54) is 5.56 Å². The van der Waals surface area contributed by atoms with E-state index in [1.54, 1.807) is 0 Å². The lowest BCUT2D eigenvalue weighted by Gasteiger charge is -2.09. The Morgan fingerprint density at radius 1 is 1.36 bits per heavy atom. The maximum absolute atomic E-state index is 11.7. The van der Waals surface area contributed by atoms with Crippen molar-refractivity contribution in [1.29, 1.82) is 0 Å². The first-order chi connectivity index (χ1) is 6.70. The molecule has 14 heavy (non-hydrogen) atoms. The van der Waals surface area contributed by atoms with Gasteiger partial charge in [0.25, 0.3) is 5.91 Å². The molecule has 1 amide bonds. The van der Waals surface area contributed by atoms with Gasteiger partial charge in [-0.15, -0.1) is 0 Å². The van der Waals surface area contributed by atoms with E-state index >= 15 is 0 Å². The van der Waals surface area contributed by atoms with Gasteiger partial charge < -0.3 is 5.32 Å². The van der Waals surface area contributed by atoms with Crippen molar-refractivity contribution < 1.29 is 4.79 Å². The highest BCUT2D eigenvalue weighted by atomic mass is 16.1. The molecule has 1 rings (SSSR count). The number of carbonyl (C=O) groups is 1. The van der Waals surface area contributed by atoms with Crippen molar-refractivity contribution in [2.75, 3.05) is 6.54 Å². The largest absolute Gasteiger partial charge is 0.352 e. The molecule has 0 heterocycles. The average Bonchev–Trinajstić information content (AvgIpc) is 2.17. The lowest BCUT2D eigenvalue weighted by molar-refractivity contribution is 0.0955. The van der Waals surface area contributed by atoms with Crippen molar-refractivity contribution in [2.24, 2.45) is 0 Å². The van der Waals surface area contributed by atoms with Gasteiger partial charge in [0.1, 0.15) is 0 Å². The van der Waals surface area contributed by atoms with Gasteiger partial charge in [0, 0.05) is 12.1 Å². The summed E-state index contributed by atoms with van der Waals surface area (Å²) in [5, 5.41) is 2.82. The zero-order valence-corrected chi connectivity index (χ0v) is 9.05. The fourth-order valence-electron chi connectivity index (χ4n) is 1.64. The smallest absolute Gasteiger partial charge is 0.251 e. The van der Waals surface area contributed by atoms with Crippen molar-refractivity contribution in [2.45, 2.75) is 27.2 Å². The van der Waals surface area contributed by atoms with Gasteiger partial charge in [-0.1, -0.05) is 19.1 Å². The highest BCUT2D eigenvalue weighted by molar-refractivity contribution is 5.95. The zero-order valence-electron chi connectivity index (χ0n) is 9.05. The van der Waals surface area contributed by atoms with Crippen LogP contribution in [0.15, 0.2) is 18.2 Å². The number of hydrogen-bond donors (Lipinski definition) is 1. The molecule has 1 aromatic rings. The Kier molecular flexibility index (Phi) is 3.69. The summed E-state index contributed by atoms with van der Waals surface area (Å²) in [4.78, 5) is 11.7. The predicted molar refractivity (Wildman–Crippen MR) is 58.6 cm³/mol. The molecular formula is C12H17NO. The summed E-state index contributed by atoms with van der Waals surface area (Å²) in [5.41, 5.74) is 3.16. The van der Waals surface area contributed by atoms with Crippen LogP contribution < -0.4 is 5.32 Å². The molecule has 0 atom stereocenters. The van der Waals surface area contributed by atoms with E-state index in [9.17, 15) is 4.79 Å². The first-order valence-corrected chi connectivity index (χ1v) is 5.07. The van der Waals surface area contributed by atoms with Crippen LogP contribution in [0.25, 0.3) is 0 Å². The molecule has 0 aliphatic rings. The second-order valence-corrected chi connectivity index (χ2v) is 3.31. The molecule has 0 aliphatic carbocycles. The van der Waals surface area contributed by atoms with Gasteiger partial charge in [-0.3, -0.25) is 4.79 Å². The van der Waals surface area contributed by atoms with Crippen molar-refractivity contribution in [3.8, 4) is 0 Å². The molecule has 0 radical (unpaired) electrons. The third-order valence-electron chi connectivity index (χ3n) is 2.35. The van der Waals surface area contributed by atoms with E-state index in [4.69, 9.17) is 0 Å². The minimum atomic E-state index is 0.0352. The van der Waals surface area contributed by atoms with Crippen LogP contribution in [0.1, 0.15) is 35.3 Å². The summed E-state index contributed by atoms with van der Waals surface area (Å²) in [6, 6.07) is 5.86. The van der Waals surface area contributed by atoms with Crippen molar-refractivity contribution in [1.82, 2.24) is 5.32 Å². The maximum atomic E-state index is 11.7. The third-order valence-corrected chi connectivity index (χ3v) is 2.35. The van der Waals surface area contributed by atoms with Gasteiger partial charge in [0.05, 0.1) is 0 Å². The Bertz CT molecular complexity index is 331. The van der Waals surface area contributed by atoms with Gasteiger partial charge in [-0.25, -0.2) is 0 Å². The standard InChI is InChI=1S/C12H17NO/c1-4-10-9(3)7-6-8-11(10)12(14)13-5-2/h6-8H,4-5H2,1-3H3,(H,13,14). The summed E-state index contributed by atoms with van der Waals surface area (Å²) in [5.74, 6) is 0.0352. The van der Waals surface area contributed by atoms with Crippen LogP contribution >= 0.6 is 0 Å². The molecule has 0 spiro atoms. The van der Waals surface area contributed by atoms with Crippen molar-refractivity contribution in [3.05, 3.63) is 34.9 Å². The molecule has 1 N–H and O–H groups in total. The topological polar surface area (TPSA) is 29.1 Å². The van der Waals surface area contributed by atoms with E-state index in [-0.39, 0.29) is 5.91 Å². The number of carbonyl (C=O) groups excluding carboxylic acids is 1. The molecule has 0 saturated carbocycles. The highest BCUT2D eigenvalue weighted by Gasteiger charge is 2.10. The molecule has 2 nitrogen and oxygen atoms in total. The minimum absolute atomic E-state index is 0.0352. The maximum Gasteiger partial charge on any atom is 0.251 e. The van der Waals surface area contributed by atoms with Gasteiger partial charge >= 0.3 is 0 Å². The van der Waals surface area contributed by atoms with Gasteiger partial charge in [-0.05, 0) is 37.5 Å². The summed E-state index contributed by atoms with van der Waals surface area (Å²) in [6.45, 7) is 6.72. The quantitative estimate of drug-likeness (QED) is 0.780. The van der Waals surface area contributed by atoms with Crippen LogP contribution in [-0.2, 0) is 6.42 Å². The van der Waals surface area contributed by atoms with E-state index in [0.29, 0.717) is 6.54 Å². The number of amides is 1. The minimum Gasteiger partial charge on any atom is -0.352 e. The van der Waals surface area contributed by atoms with Gasteiger partial charge in [-0.2, -0.15) is 0 Å². The van der Waals surface area contributed by atoms with Crippen LogP contribution in [0.4, 0.5) is 0 Å². The summed E-state index contributed by atoms with van der Waals surface area (Å²) in [6.07, 6.45) is 0.902. The lowest BCUT2D eigenvalue weighted by atomic mass is 9.99. The van der Waals surface area contributed by atoms with E-state index < -0.39 is 0 Å². The van der Waals surface area contributed by atoms with Crippen LogP contribution in [0, 0.1) is 6.92 Å². The van der Waals surface area contributed by atoms with Crippen LogP contribution in [-0.4, -0.2) is 12.5 Å². The third kappa shape index (κ3) is 2.13. The van der Waals surface area contributed by atoms with E-state index in [2.05, 4.69) is 12.2 Å². The monoisotopic (exact) mass is 191 g/mol. The normalized spacial score (nSPS) is 9.93. The second kappa shape index (κ2) is 4.80. The Morgan fingerprint density at radius 2 is 2.07 bits per heavy atom. The molecule has 0 bridgehead atoms. The van der Waals surface area contributed by atoms with E-state index in [1.807, 2.05) is 32.0 Å². The van der Waals surface area contributed by atoms with E-state index in [0.717, 1.165) is 17.5 Å². The molecule has 0 aromatic heterocycles. The highest BCUT2D eigenvalue weighted by Crippen LogP contribution is 2.14. The molecule has 1 aromatic carbocycles. The Labute approximate surface area is 85.3 Å². The fourth-order valence-corrected chi connectivity index (χ4v) is 1.64. The van der Waals surface area contributed by atoms with Gasteiger partial charge in [0.15, 0.2) is 0 Å². The molecule has 76 valence electrons. The average molecular weight is 191 g/mol. The fraction of sp³-hybridized carbons (Fsp3) is 0.417. The summed E-state index contributed by atoms with van der Waals surface area (Å²) in [7, 11) is 0. The summed E-state index contributed by atoms with van der Waals surface area (Å²) >= 11 is 0. The molecular weight excluding hydrogens is 174 g/mol. The summed E-state index contributed by atoms with van der Waals surface area (Å²) < 4.78 is 0. The second-order valence-electron chi connectivity index (χ2n) is 3.31. The molecule has 2 heteroatoms. The van der Waals surface area contributed by atoms with Crippen LogP contribution in [0.5, 0.6) is 0 Å². The first kappa shape index (κ1) is 10.8. The predicted octanol–water partition coefficient (Wildman–Crippen LogP) is 2.31. The SMILES string of the molecule is CCNC(=O)c1cccc(C)c1CC. The number of aryl methyl sites for hydroxylation is 1. The Balaban J connectivity index is 3.07. The van der Waals surface area contributed by atoms with Crippen LogP contribution in [0.3, 0.4) is 0 Å². The zero-order chi connectivity index (χ0) is 10.6. The Morgan fingerprint density at radius 3 is 2.64 bits per heavy atom. The number of benzene rings is 1. The van der Waals surface area contributed by atoms with Gasteiger partial charge in [0.2, 0.25) is 0 Å². The number of rotatable bonds is 3. The first-order valence-electron chi connectivity index (χ1n) is 5.07. The molecule has 0 fully saturated rings. The van der Waals surface area contributed by atoms with Crippen molar-refractivity contribution in [3.63, 3.8) is 0 Å². The lowest BCUT2D eigenvalue weighted by Crippen LogP contribution is -2.24. The van der Waals surface area contributed by atoms with Crippen molar-refractivity contribution >= 4 is 5.91 Å².